The van der Waals surface area contributed by atoms with Gasteiger partial charge in [-0.3, -0.25) is 9.59 Å². The van der Waals surface area contributed by atoms with Crippen LogP contribution in [0.4, 0.5) is 0 Å². The number of aliphatic hydroxyl groups excluding tert-OH is 1. The molecule has 0 rings (SSSR count). The number of carbonyl (C=O) groups excluding carboxylic acids is 2. The fourth-order valence-electron chi connectivity index (χ4n) is 3.74. The molecule has 0 amide bonds. The number of aliphatic hydroxyl groups is 1. The van der Waals surface area contributed by atoms with E-state index in [1.165, 1.54) is 32.1 Å². The molecule has 0 unspecified atom stereocenters. The Balaban J connectivity index is 3.64. The molecule has 0 saturated heterocycles. The minimum absolute atomic E-state index is 0.0744. The Hall–Kier alpha value is -1.88. The molecule has 0 aliphatic heterocycles. The van der Waals surface area contributed by atoms with Gasteiger partial charge < -0.3 is 14.6 Å². The highest BCUT2D eigenvalue weighted by Gasteiger charge is 2.16. The first-order chi connectivity index (χ1) is 17.6. The van der Waals surface area contributed by atoms with Gasteiger partial charge in [0.15, 0.2) is 6.10 Å². The van der Waals surface area contributed by atoms with Crippen molar-refractivity contribution in [1.82, 2.24) is 0 Å². The van der Waals surface area contributed by atoms with Crippen LogP contribution in [-0.4, -0.2) is 36.4 Å². The molecule has 0 heterocycles. The second-order valence-corrected chi connectivity index (χ2v) is 9.45. The topological polar surface area (TPSA) is 72.8 Å². The van der Waals surface area contributed by atoms with Crippen molar-refractivity contribution in [3.63, 3.8) is 0 Å². The van der Waals surface area contributed by atoms with Crippen molar-refractivity contribution in [1.29, 1.82) is 0 Å². The molecule has 0 radical (unpaired) electrons. The molecule has 1 N–H and O–H groups in total. The predicted octanol–water partition coefficient (Wildman–Crippen LogP) is 8.16. The van der Waals surface area contributed by atoms with Gasteiger partial charge in [0.05, 0.1) is 6.61 Å². The summed E-state index contributed by atoms with van der Waals surface area (Å²) in [5, 5.41) is 9.42. The zero-order valence-corrected chi connectivity index (χ0v) is 23.3. The highest BCUT2D eigenvalue weighted by Crippen LogP contribution is 2.11. The molecule has 0 saturated carbocycles. The van der Waals surface area contributed by atoms with Crippen molar-refractivity contribution >= 4 is 11.9 Å². The second kappa shape index (κ2) is 27.7. The fourth-order valence-corrected chi connectivity index (χ4v) is 3.74. The molecular weight excluding hydrogens is 452 g/mol. The van der Waals surface area contributed by atoms with E-state index in [9.17, 15) is 14.7 Å². The Bertz CT molecular complexity index is 594. The lowest BCUT2D eigenvalue weighted by Gasteiger charge is -2.15. The van der Waals surface area contributed by atoms with Crippen LogP contribution >= 0.6 is 0 Å². The van der Waals surface area contributed by atoms with E-state index in [-0.39, 0.29) is 25.2 Å². The van der Waals surface area contributed by atoms with Crippen LogP contribution in [0.25, 0.3) is 0 Å². The molecule has 0 aromatic rings. The Morgan fingerprint density at radius 1 is 0.667 bits per heavy atom. The molecule has 208 valence electrons. The van der Waals surface area contributed by atoms with Gasteiger partial charge in [0, 0.05) is 12.8 Å². The fraction of sp³-hybridized carbons (Fsp3) is 0.742. The van der Waals surface area contributed by atoms with Gasteiger partial charge in [-0.2, -0.15) is 0 Å². The average Bonchev–Trinajstić information content (AvgIpc) is 2.88. The highest BCUT2D eigenvalue weighted by molar-refractivity contribution is 5.70. The van der Waals surface area contributed by atoms with E-state index in [4.69, 9.17) is 9.47 Å². The van der Waals surface area contributed by atoms with E-state index < -0.39 is 6.10 Å². The summed E-state index contributed by atoms with van der Waals surface area (Å²) in [6.45, 7) is 3.93. The lowest BCUT2D eigenvalue weighted by atomic mass is 10.1. The average molecular weight is 507 g/mol. The number of rotatable bonds is 25. The van der Waals surface area contributed by atoms with Gasteiger partial charge in [-0.05, 0) is 44.9 Å². The van der Waals surface area contributed by atoms with Gasteiger partial charge in [0.25, 0.3) is 0 Å². The number of allylic oxidation sites excluding steroid dienone is 6. The van der Waals surface area contributed by atoms with E-state index in [1.807, 2.05) is 0 Å². The molecule has 5 heteroatoms. The quantitative estimate of drug-likeness (QED) is 0.0768. The van der Waals surface area contributed by atoms with Gasteiger partial charge in [0.2, 0.25) is 0 Å². The number of ether oxygens (including phenoxy) is 2. The molecule has 36 heavy (non-hydrogen) atoms. The van der Waals surface area contributed by atoms with Crippen LogP contribution in [0.5, 0.6) is 0 Å². The molecule has 0 aliphatic rings. The van der Waals surface area contributed by atoms with Crippen molar-refractivity contribution in [3.8, 4) is 0 Å². The van der Waals surface area contributed by atoms with E-state index in [0.717, 1.165) is 70.6 Å². The van der Waals surface area contributed by atoms with E-state index in [0.29, 0.717) is 12.8 Å². The molecule has 0 aromatic heterocycles. The minimum atomic E-state index is -0.771. The lowest BCUT2D eigenvalue weighted by molar-refractivity contribution is -0.161. The Morgan fingerprint density at radius 3 is 1.81 bits per heavy atom. The molecule has 1 atom stereocenters. The molecule has 0 spiro atoms. The number of esters is 2. The summed E-state index contributed by atoms with van der Waals surface area (Å²) in [4.78, 5) is 23.9. The zero-order chi connectivity index (χ0) is 26.5. The number of hydrogen-bond donors (Lipinski definition) is 1. The summed E-state index contributed by atoms with van der Waals surface area (Å²) >= 11 is 0. The van der Waals surface area contributed by atoms with Crippen molar-refractivity contribution in [2.45, 2.75) is 136 Å². The van der Waals surface area contributed by atoms with Crippen molar-refractivity contribution in [2.24, 2.45) is 0 Å². The first-order valence-corrected chi connectivity index (χ1v) is 14.5. The third-order valence-electron chi connectivity index (χ3n) is 5.95. The summed E-state index contributed by atoms with van der Waals surface area (Å²) in [6, 6.07) is 0. The third kappa shape index (κ3) is 25.2. The van der Waals surface area contributed by atoms with E-state index in [2.05, 4.69) is 50.3 Å². The maximum Gasteiger partial charge on any atom is 0.306 e. The summed E-state index contributed by atoms with van der Waals surface area (Å²) < 4.78 is 10.4. The van der Waals surface area contributed by atoms with Crippen LogP contribution in [0.1, 0.15) is 129 Å². The summed E-state index contributed by atoms with van der Waals surface area (Å²) in [6.07, 6.45) is 30.6. The van der Waals surface area contributed by atoms with E-state index in [1.54, 1.807) is 0 Å². The number of hydrogen-bond acceptors (Lipinski definition) is 5. The maximum absolute atomic E-state index is 11.9. The molecule has 5 nitrogen and oxygen atoms in total. The Labute approximate surface area is 221 Å². The molecular formula is C31H54O5. The summed E-state index contributed by atoms with van der Waals surface area (Å²) in [7, 11) is 0. The van der Waals surface area contributed by atoms with Crippen LogP contribution in [0.3, 0.4) is 0 Å². The maximum atomic E-state index is 11.9. The number of unbranched alkanes of at least 4 members (excludes halogenated alkanes) is 11. The smallest absolute Gasteiger partial charge is 0.306 e. The first kappa shape index (κ1) is 34.1. The monoisotopic (exact) mass is 506 g/mol. The SMILES string of the molecule is CC/C=C/C/C=C/C/C=C/CCCCCCCC(=O)OC[C@H](CO)OC(=O)CCCCCCCCC. The van der Waals surface area contributed by atoms with Gasteiger partial charge in [-0.15, -0.1) is 0 Å². The second-order valence-electron chi connectivity index (χ2n) is 9.45. The summed E-state index contributed by atoms with van der Waals surface area (Å²) in [5.41, 5.74) is 0. The van der Waals surface area contributed by atoms with Crippen LogP contribution in [0, 0.1) is 0 Å². The predicted molar refractivity (Wildman–Crippen MR) is 150 cm³/mol. The van der Waals surface area contributed by atoms with Gasteiger partial charge >= 0.3 is 11.9 Å². The standard InChI is InChI=1S/C31H54O5/c1-3-5-7-9-11-12-13-14-15-16-17-18-20-21-23-25-30(33)35-28-29(27-32)36-31(34)26-24-22-19-10-8-6-4-2/h5,7,11-12,14-15,29,32H,3-4,6,8-10,13,16-28H2,1-2H3/b7-5+,12-11+,15-14+/t29-/m0/s1. The van der Waals surface area contributed by atoms with Gasteiger partial charge in [0.1, 0.15) is 6.61 Å². The Kier molecular flexibility index (Phi) is 26.3. The molecule has 0 bridgehead atoms. The normalized spacial score (nSPS) is 12.6. The van der Waals surface area contributed by atoms with Gasteiger partial charge in [-0.1, -0.05) is 108 Å². The molecule has 0 aliphatic carbocycles. The molecule has 0 fully saturated rings. The minimum Gasteiger partial charge on any atom is -0.462 e. The van der Waals surface area contributed by atoms with Crippen LogP contribution in [0.15, 0.2) is 36.5 Å². The van der Waals surface area contributed by atoms with Crippen LogP contribution in [0.2, 0.25) is 0 Å². The van der Waals surface area contributed by atoms with Crippen LogP contribution in [-0.2, 0) is 19.1 Å². The van der Waals surface area contributed by atoms with E-state index >= 15 is 0 Å². The zero-order valence-electron chi connectivity index (χ0n) is 23.3. The van der Waals surface area contributed by atoms with Crippen LogP contribution < -0.4 is 0 Å². The van der Waals surface area contributed by atoms with Crippen molar-refractivity contribution < 1.29 is 24.2 Å². The summed E-state index contributed by atoms with van der Waals surface area (Å²) in [5.74, 6) is -0.623. The first-order valence-electron chi connectivity index (χ1n) is 14.5. The van der Waals surface area contributed by atoms with Crippen molar-refractivity contribution in [2.75, 3.05) is 13.2 Å². The van der Waals surface area contributed by atoms with Gasteiger partial charge in [-0.25, -0.2) is 0 Å². The Morgan fingerprint density at radius 2 is 1.19 bits per heavy atom. The van der Waals surface area contributed by atoms with Crippen molar-refractivity contribution in [3.05, 3.63) is 36.5 Å². The molecule has 0 aromatic carbocycles. The third-order valence-corrected chi connectivity index (χ3v) is 5.95. The lowest BCUT2D eigenvalue weighted by Crippen LogP contribution is -2.28. The highest BCUT2D eigenvalue weighted by atomic mass is 16.6. The number of carbonyl (C=O) groups is 2. The largest absolute Gasteiger partial charge is 0.462 e.